The number of nitrogens with zero attached hydrogens (tertiary/aromatic N) is 2. The zero-order valence-electron chi connectivity index (χ0n) is 15.4. The smallest absolute Gasteiger partial charge is 0.407 e. The van der Waals surface area contributed by atoms with Crippen molar-refractivity contribution >= 4 is 6.09 Å². The lowest BCUT2D eigenvalue weighted by atomic mass is 9.91. The lowest BCUT2D eigenvalue weighted by molar-refractivity contribution is -0.00132. The molecule has 2 aliphatic heterocycles. The Morgan fingerprint density at radius 3 is 2.78 bits per heavy atom. The van der Waals surface area contributed by atoms with E-state index in [1.54, 1.807) is 12.1 Å². The first-order valence-electron chi connectivity index (χ1n) is 8.97. The van der Waals surface area contributed by atoms with E-state index in [1.165, 1.54) is 13.2 Å². The Bertz CT molecular complexity index is 859. The summed E-state index contributed by atoms with van der Waals surface area (Å²) in [7, 11) is 1.49. The Morgan fingerprint density at radius 1 is 1.37 bits per heavy atom. The molecule has 1 amide bonds. The molecule has 3 heterocycles. The van der Waals surface area contributed by atoms with E-state index in [1.807, 2.05) is 6.92 Å². The van der Waals surface area contributed by atoms with Crippen molar-refractivity contribution in [3.8, 4) is 17.2 Å². The van der Waals surface area contributed by atoms with E-state index in [9.17, 15) is 9.18 Å². The van der Waals surface area contributed by atoms with Gasteiger partial charge in [-0.3, -0.25) is 4.90 Å². The predicted molar refractivity (Wildman–Crippen MR) is 94.9 cm³/mol. The SMILES string of the molecule is COc1ccc(-c2nc(CN3CCC4(CC3)CNC(=O)O4)c(C)o2)c(F)c1. The van der Waals surface area contributed by atoms with Crippen molar-refractivity contribution in [2.24, 2.45) is 0 Å². The third-order valence-corrected chi connectivity index (χ3v) is 5.30. The van der Waals surface area contributed by atoms with Gasteiger partial charge in [-0.15, -0.1) is 0 Å². The van der Waals surface area contributed by atoms with Crippen molar-refractivity contribution in [3.63, 3.8) is 0 Å². The summed E-state index contributed by atoms with van der Waals surface area (Å²) in [5, 5.41) is 2.74. The lowest BCUT2D eigenvalue weighted by Gasteiger charge is -2.36. The first kappa shape index (κ1) is 17.8. The van der Waals surface area contributed by atoms with Gasteiger partial charge in [0.2, 0.25) is 5.89 Å². The molecule has 0 radical (unpaired) electrons. The average molecular weight is 375 g/mol. The van der Waals surface area contributed by atoms with E-state index in [-0.39, 0.29) is 17.6 Å². The fraction of sp³-hybridized carbons (Fsp3) is 0.474. The zero-order valence-corrected chi connectivity index (χ0v) is 15.4. The van der Waals surface area contributed by atoms with E-state index in [0.29, 0.717) is 30.2 Å². The number of hydrogen-bond donors (Lipinski definition) is 1. The van der Waals surface area contributed by atoms with Crippen molar-refractivity contribution in [3.05, 3.63) is 35.5 Å². The Hall–Kier alpha value is -2.61. The lowest BCUT2D eigenvalue weighted by Crippen LogP contribution is -2.46. The standard InChI is InChI=1S/C19H22FN3O4/c1-12-16(10-23-7-5-19(6-8-23)11-21-18(24)27-19)22-17(26-12)14-4-3-13(25-2)9-15(14)20/h3-4,9H,5-8,10-11H2,1-2H3,(H,21,24). The largest absolute Gasteiger partial charge is 0.497 e. The average Bonchev–Trinajstić information content (AvgIpc) is 3.20. The molecular weight excluding hydrogens is 353 g/mol. The van der Waals surface area contributed by atoms with Crippen LogP contribution in [0.1, 0.15) is 24.3 Å². The Kier molecular flexibility index (Phi) is 4.51. The molecule has 0 atom stereocenters. The minimum atomic E-state index is -0.433. The number of halogens is 1. The molecule has 144 valence electrons. The third kappa shape index (κ3) is 3.49. The number of alkyl carbamates (subject to hydrolysis) is 1. The molecule has 7 nitrogen and oxygen atoms in total. The van der Waals surface area contributed by atoms with E-state index in [2.05, 4.69) is 15.2 Å². The fourth-order valence-corrected chi connectivity index (χ4v) is 3.60. The van der Waals surface area contributed by atoms with Crippen LogP contribution < -0.4 is 10.1 Å². The molecule has 0 saturated carbocycles. The Morgan fingerprint density at radius 2 is 2.15 bits per heavy atom. The minimum absolute atomic E-state index is 0.269. The van der Waals surface area contributed by atoms with Crippen LogP contribution in [0.4, 0.5) is 9.18 Å². The first-order chi connectivity index (χ1) is 13.0. The molecule has 4 rings (SSSR count). The summed E-state index contributed by atoms with van der Waals surface area (Å²) in [4.78, 5) is 18.1. The predicted octanol–water partition coefficient (Wildman–Crippen LogP) is 2.87. The van der Waals surface area contributed by atoms with Crippen LogP contribution in [0.5, 0.6) is 5.75 Å². The number of aromatic nitrogens is 1. The maximum Gasteiger partial charge on any atom is 0.407 e. The molecule has 1 aromatic heterocycles. The summed E-state index contributed by atoms with van der Waals surface area (Å²) in [6.07, 6.45) is 1.23. The molecule has 0 unspecified atom stereocenters. The second-order valence-electron chi connectivity index (χ2n) is 7.07. The number of piperidine rings is 1. The van der Waals surface area contributed by atoms with Crippen LogP contribution in [-0.4, -0.2) is 48.3 Å². The molecule has 1 aromatic carbocycles. The first-order valence-corrected chi connectivity index (χ1v) is 8.97. The van der Waals surface area contributed by atoms with Gasteiger partial charge in [0, 0.05) is 38.5 Å². The normalized spacial score (nSPS) is 19.1. The Balaban J connectivity index is 1.44. The fourth-order valence-electron chi connectivity index (χ4n) is 3.60. The van der Waals surface area contributed by atoms with Crippen molar-refractivity contribution in [1.82, 2.24) is 15.2 Å². The second-order valence-corrected chi connectivity index (χ2v) is 7.07. The minimum Gasteiger partial charge on any atom is -0.497 e. The summed E-state index contributed by atoms with van der Waals surface area (Å²) in [5.41, 5.74) is 0.730. The van der Waals surface area contributed by atoms with Crippen LogP contribution >= 0.6 is 0 Å². The van der Waals surface area contributed by atoms with Crippen molar-refractivity contribution < 1.29 is 23.1 Å². The van der Waals surface area contributed by atoms with Crippen LogP contribution in [-0.2, 0) is 11.3 Å². The number of benzene rings is 1. The highest BCUT2D eigenvalue weighted by Crippen LogP contribution is 2.31. The van der Waals surface area contributed by atoms with Crippen molar-refractivity contribution in [2.75, 3.05) is 26.7 Å². The van der Waals surface area contributed by atoms with Crippen molar-refractivity contribution in [1.29, 1.82) is 0 Å². The molecule has 0 aliphatic carbocycles. The maximum absolute atomic E-state index is 14.3. The highest BCUT2D eigenvalue weighted by Gasteiger charge is 2.42. The number of methoxy groups -OCH3 is 1. The zero-order chi connectivity index (χ0) is 19.0. The van der Waals surface area contributed by atoms with Gasteiger partial charge in [0.25, 0.3) is 0 Å². The Labute approximate surface area is 156 Å². The number of hydrogen-bond acceptors (Lipinski definition) is 6. The number of aryl methyl sites for hydroxylation is 1. The van der Waals surface area contributed by atoms with Crippen LogP contribution in [0.25, 0.3) is 11.5 Å². The number of nitrogens with one attached hydrogen (secondary N) is 1. The van der Waals surface area contributed by atoms with Gasteiger partial charge in [-0.25, -0.2) is 14.2 Å². The molecule has 2 saturated heterocycles. The highest BCUT2D eigenvalue weighted by atomic mass is 19.1. The summed E-state index contributed by atoms with van der Waals surface area (Å²) in [6.45, 7) is 4.62. The van der Waals surface area contributed by atoms with E-state index < -0.39 is 5.82 Å². The quantitative estimate of drug-likeness (QED) is 0.886. The molecule has 2 fully saturated rings. The summed E-state index contributed by atoms with van der Waals surface area (Å²) >= 11 is 0. The monoisotopic (exact) mass is 375 g/mol. The molecule has 2 aliphatic rings. The van der Waals surface area contributed by atoms with Crippen LogP contribution in [0.15, 0.2) is 22.6 Å². The van der Waals surface area contributed by atoms with Crippen LogP contribution in [0.2, 0.25) is 0 Å². The van der Waals surface area contributed by atoms with Gasteiger partial charge >= 0.3 is 6.09 Å². The van der Waals surface area contributed by atoms with Gasteiger partial charge < -0.3 is 19.2 Å². The molecule has 2 aromatic rings. The summed E-state index contributed by atoms with van der Waals surface area (Å²) in [6, 6.07) is 4.60. The van der Waals surface area contributed by atoms with Gasteiger partial charge in [0.05, 0.1) is 24.9 Å². The van der Waals surface area contributed by atoms with Crippen LogP contribution in [0, 0.1) is 12.7 Å². The van der Waals surface area contributed by atoms with Gasteiger partial charge in [-0.1, -0.05) is 0 Å². The molecule has 27 heavy (non-hydrogen) atoms. The number of amides is 1. The van der Waals surface area contributed by atoms with Crippen molar-refractivity contribution in [2.45, 2.75) is 31.9 Å². The van der Waals surface area contributed by atoms with Gasteiger partial charge in [0.1, 0.15) is 22.9 Å². The number of likely N-dealkylation sites (tertiary alicyclic amines) is 1. The van der Waals surface area contributed by atoms with Gasteiger partial charge in [-0.05, 0) is 19.1 Å². The van der Waals surface area contributed by atoms with Crippen LogP contribution in [0.3, 0.4) is 0 Å². The van der Waals surface area contributed by atoms with E-state index >= 15 is 0 Å². The number of rotatable bonds is 4. The number of carbonyl (C=O) groups is 1. The third-order valence-electron chi connectivity index (χ3n) is 5.30. The van der Waals surface area contributed by atoms with Gasteiger partial charge in [-0.2, -0.15) is 0 Å². The highest BCUT2D eigenvalue weighted by molar-refractivity contribution is 5.70. The van der Waals surface area contributed by atoms with E-state index in [0.717, 1.165) is 31.6 Å². The molecule has 1 spiro atoms. The molecule has 8 heteroatoms. The van der Waals surface area contributed by atoms with Gasteiger partial charge in [0.15, 0.2) is 0 Å². The molecular formula is C19H22FN3O4. The topological polar surface area (TPSA) is 76.8 Å². The summed E-state index contributed by atoms with van der Waals surface area (Å²) in [5.74, 6) is 0.959. The maximum atomic E-state index is 14.3. The number of carbonyl (C=O) groups excluding carboxylic acids is 1. The molecule has 1 N–H and O–H groups in total. The number of ether oxygens (including phenoxy) is 2. The van der Waals surface area contributed by atoms with E-state index in [4.69, 9.17) is 13.9 Å². The molecule has 0 bridgehead atoms. The summed E-state index contributed by atoms with van der Waals surface area (Å²) < 4.78 is 30.5. The number of oxazole rings is 1. The second kappa shape index (κ2) is 6.84.